The van der Waals surface area contributed by atoms with Crippen molar-refractivity contribution in [1.29, 1.82) is 0 Å². The van der Waals surface area contributed by atoms with Gasteiger partial charge in [0, 0.05) is 34.9 Å². The first kappa shape index (κ1) is 14.8. The first-order chi connectivity index (χ1) is 9.13. The Kier molecular flexibility index (Phi) is 5.25. The fourth-order valence-electron chi connectivity index (χ4n) is 2.56. The molecule has 1 unspecified atom stereocenters. The summed E-state index contributed by atoms with van der Waals surface area (Å²) in [5.74, 6) is 0. The van der Waals surface area contributed by atoms with E-state index in [1.807, 2.05) is 12.1 Å². The molecule has 0 amide bonds. The Morgan fingerprint density at radius 2 is 2.16 bits per heavy atom. The molecule has 0 aliphatic heterocycles. The molecule has 1 atom stereocenters. The first-order valence-electron chi connectivity index (χ1n) is 6.98. The van der Waals surface area contributed by atoms with Crippen molar-refractivity contribution in [3.8, 4) is 0 Å². The molecule has 0 radical (unpaired) electrons. The van der Waals surface area contributed by atoms with E-state index in [1.165, 1.54) is 19.3 Å². The molecule has 0 heterocycles. The van der Waals surface area contributed by atoms with Crippen LogP contribution in [-0.2, 0) is 0 Å². The molecule has 0 aromatic heterocycles. The summed E-state index contributed by atoms with van der Waals surface area (Å²) in [6.45, 7) is 2.86. The molecule has 2 rings (SSSR count). The van der Waals surface area contributed by atoms with Crippen molar-refractivity contribution in [2.75, 3.05) is 18.1 Å². The molecule has 1 aliphatic rings. The molecule has 2 N–H and O–H groups in total. The van der Waals surface area contributed by atoms with Gasteiger partial charge in [0.15, 0.2) is 0 Å². The lowest BCUT2D eigenvalue weighted by Gasteiger charge is -2.40. The minimum Gasteiger partial charge on any atom is -0.396 e. The molecule has 4 heteroatoms. The number of benzene rings is 1. The molecule has 1 aromatic rings. The van der Waals surface area contributed by atoms with Gasteiger partial charge in [-0.05, 0) is 50.8 Å². The summed E-state index contributed by atoms with van der Waals surface area (Å²) in [6, 6.07) is 6.64. The molecule has 3 nitrogen and oxygen atoms in total. The SMILES string of the molecule is CC(O)c1cc(Br)ccc1N(CCCO)C1CCC1. The van der Waals surface area contributed by atoms with Crippen LogP contribution in [0.1, 0.15) is 44.3 Å². The molecular formula is C15H22BrNO2. The molecule has 19 heavy (non-hydrogen) atoms. The van der Waals surface area contributed by atoms with Crippen LogP contribution in [0.25, 0.3) is 0 Å². The average Bonchev–Trinajstić information content (AvgIpc) is 2.32. The van der Waals surface area contributed by atoms with Crippen molar-refractivity contribution in [2.45, 2.75) is 44.8 Å². The summed E-state index contributed by atoms with van der Waals surface area (Å²) >= 11 is 3.46. The van der Waals surface area contributed by atoms with E-state index >= 15 is 0 Å². The Labute approximate surface area is 123 Å². The Hall–Kier alpha value is -0.580. The number of nitrogens with zero attached hydrogens (tertiary/aromatic N) is 1. The Morgan fingerprint density at radius 1 is 1.42 bits per heavy atom. The molecule has 1 fully saturated rings. The third-order valence-electron chi connectivity index (χ3n) is 3.82. The summed E-state index contributed by atoms with van der Waals surface area (Å²) in [4.78, 5) is 2.36. The van der Waals surface area contributed by atoms with Crippen LogP contribution in [0.4, 0.5) is 5.69 Å². The fourth-order valence-corrected chi connectivity index (χ4v) is 2.94. The maximum atomic E-state index is 9.98. The van der Waals surface area contributed by atoms with Crippen LogP contribution >= 0.6 is 15.9 Å². The van der Waals surface area contributed by atoms with E-state index in [-0.39, 0.29) is 6.61 Å². The Balaban J connectivity index is 2.28. The van der Waals surface area contributed by atoms with Gasteiger partial charge in [-0.3, -0.25) is 0 Å². The first-order valence-corrected chi connectivity index (χ1v) is 7.77. The van der Waals surface area contributed by atoms with E-state index in [4.69, 9.17) is 5.11 Å². The standard InChI is InChI=1S/C15H22BrNO2/c1-11(19)14-10-12(16)6-7-15(14)17(8-3-9-18)13-4-2-5-13/h6-7,10-11,13,18-19H,2-5,8-9H2,1H3. The van der Waals surface area contributed by atoms with Crippen LogP contribution in [0.2, 0.25) is 0 Å². The second kappa shape index (κ2) is 6.73. The van der Waals surface area contributed by atoms with E-state index in [0.29, 0.717) is 6.04 Å². The smallest absolute Gasteiger partial charge is 0.0782 e. The Morgan fingerprint density at radius 3 is 2.68 bits per heavy atom. The molecule has 1 aliphatic carbocycles. The van der Waals surface area contributed by atoms with Crippen LogP contribution in [0, 0.1) is 0 Å². The van der Waals surface area contributed by atoms with Crippen LogP contribution in [0.5, 0.6) is 0 Å². The highest BCUT2D eigenvalue weighted by atomic mass is 79.9. The van der Waals surface area contributed by atoms with Crippen molar-refractivity contribution in [2.24, 2.45) is 0 Å². The third-order valence-corrected chi connectivity index (χ3v) is 4.31. The summed E-state index contributed by atoms with van der Waals surface area (Å²) in [5.41, 5.74) is 2.07. The van der Waals surface area contributed by atoms with Crippen molar-refractivity contribution < 1.29 is 10.2 Å². The number of anilines is 1. The van der Waals surface area contributed by atoms with E-state index in [0.717, 1.165) is 28.7 Å². The van der Waals surface area contributed by atoms with Crippen molar-refractivity contribution >= 4 is 21.6 Å². The summed E-state index contributed by atoms with van der Waals surface area (Å²) < 4.78 is 0.989. The third kappa shape index (κ3) is 3.50. The second-order valence-corrected chi connectivity index (χ2v) is 6.15. The maximum Gasteiger partial charge on any atom is 0.0782 e. The number of rotatable bonds is 6. The molecule has 106 valence electrons. The normalized spacial score (nSPS) is 17.1. The minimum absolute atomic E-state index is 0.212. The van der Waals surface area contributed by atoms with Crippen LogP contribution in [0.15, 0.2) is 22.7 Å². The zero-order chi connectivity index (χ0) is 13.8. The molecular weight excluding hydrogens is 306 g/mol. The highest BCUT2D eigenvalue weighted by Gasteiger charge is 2.27. The van der Waals surface area contributed by atoms with E-state index < -0.39 is 6.10 Å². The van der Waals surface area contributed by atoms with Gasteiger partial charge in [-0.2, -0.15) is 0 Å². The predicted molar refractivity (Wildman–Crippen MR) is 81.5 cm³/mol. The van der Waals surface area contributed by atoms with Crippen molar-refractivity contribution in [3.63, 3.8) is 0 Å². The molecule has 0 bridgehead atoms. The topological polar surface area (TPSA) is 43.7 Å². The number of aliphatic hydroxyl groups is 2. The van der Waals surface area contributed by atoms with Crippen molar-refractivity contribution in [3.05, 3.63) is 28.2 Å². The average molecular weight is 328 g/mol. The summed E-state index contributed by atoms with van der Waals surface area (Å²) in [7, 11) is 0. The zero-order valence-corrected chi connectivity index (χ0v) is 12.9. The van der Waals surface area contributed by atoms with Crippen LogP contribution < -0.4 is 4.90 Å². The quantitative estimate of drug-likeness (QED) is 0.842. The summed E-state index contributed by atoms with van der Waals surface area (Å²) in [5, 5.41) is 19.1. The monoisotopic (exact) mass is 327 g/mol. The number of hydrogen-bond donors (Lipinski definition) is 2. The highest BCUT2D eigenvalue weighted by Crippen LogP contribution is 2.35. The number of halogens is 1. The van der Waals surface area contributed by atoms with Crippen LogP contribution in [-0.4, -0.2) is 29.4 Å². The predicted octanol–water partition coefficient (Wildman–Crippen LogP) is 3.24. The number of aliphatic hydroxyl groups excluding tert-OH is 2. The lowest BCUT2D eigenvalue weighted by Crippen LogP contribution is -2.41. The van der Waals surface area contributed by atoms with Crippen molar-refractivity contribution in [1.82, 2.24) is 0 Å². The van der Waals surface area contributed by atoms with E-state index in [1.54, 1.807) is 6.92 Å². The number of hydrogen-bond acceptors (Lipinski definition) is 3. The van der Waals surface area contributed by atoms with Gasteiger partial charge in [-0.15, -0.1) is 0 Å². The van der Waals surface area contributed by atoms with Gasteiger partial charge < -0.3 is 15.1 Å². The van der Waals surface area contributed by atoms with Gasteiger partial charge in [0.25, 0.3) is 0 Å². The highest BCUT2D eigenvalue weighted by molar-refractivity contribution is 9.10. The van der Waals surface area contributed by atoms with Gasteiger partial charge in [-0.1, -0.05) is 15.9 Å². The lowest BCUT2D eigenvalue weighted by atomic mass is 9.90. The summed E-state index contributed by atoms with van der Waals surface area (Å²) in [6.07, 6.45) is 3.98. The lowest BCUT2D eigenvalue weighted by molar-refractivity contribution is 0.199. The van der Waals surface area contributed by atoms with E-state index in [2.05, 4.69) is 26.9 Å². The van der Waals surface area contributed by atoms with Gasteiger partial charge in [0.1, 0.15) is 0 Å². The minimum atomic E-state index is -0.482. The largest absolute Gasteiger partial charge is 0.396 e. The van der Waals surface area contributed by atoms with Gasteiger partial charge >= 0.3 is 0 Å². The van der Waals surface area contributed by atoms with Gasteiger partial charge in [0.2, 0.25) is 0 Å². The maximum absolute atomic E-state index is 9.98. The molecule has 0 saturated heterocycles. The molecule has 1 saturated carbocycles. The fraction of sp³-hybridized carbons (Fsp3) is 0.600. The Bertz CT molecular complexity index is 419. The zero-order valence-electron chi connectivity index (χ0n) is 11.3. The second-order valence-electron chi connectivity index (χ2n) is 5.23. The molecule has 0 spiro atoms. The van der Waals surface area contributed by atoms with Crippen LogP contribution in [0.3, 0.4) is 0 Å². The van der Waals surface area contributed by atoms with Gasteiger partial charge in [-0.25, -0.2) is 0 Å². The van der Waals surface area contributed by atoms with E-state index in [9.17, 15) is 5.11 Å². The molecule has 1 aromatic carbocycles. The van der Waals surface area contributed by atoms with Gasteiger partial charge in [0.05, 0.1) is 6.10 Å².